The van der Waals surface area contributed by atoms with Crippen LogP contribution in [0.3, 0.4) is 0 Å². The molecule has 29 heavy (non-hydrogen) atoms. The quantitative estimate of drug-likeness (QED) is 0.779. The molecule has 0 spiro atoms. The highest BCUT2D eigenvalue weighted by molar-refractivity contribution is 7.92. The van der Waals surface area contributed by atoms with E-state index in [9.17, 15) is 18.0 Å². The number of nitrogens with zero attached hydrogens (tertiary/aromatic N) is 2. The number of nitrogens with one attached hydrogen (secondary N) is 2. The lowest BCUT2D eigenvalue weighted by Crippen LogP contribution is -2.30. The van der Waals surface area contributed by atoms with Gasteiger partial charge >= 0.3 is 0 Å². The average molecular weight is 419 g/mol. The largest absolute Gasteiger partial charge is 0.350 e. The second-order valence-electron chi connectivity index (χ2n) is 7.30. The van der Waals surface area contributed by atoms with Crippen molar-refractivity contribution in [2.45, 2.75) is 38.5 Å². The first-order valence-electron chi connectivity index (χ1n) is 9.47. The monoisotopic (exact) mass is 418 g/mol. The van der Waals surface area contributed by atoms with Crippen LogP contribution in [0.5, 0.6) is 0 Å². The molecule has 1 aromatic carbocycles. The Bertz CT molecular complexity index is 1050. The van der Waals surface area contributed by atoms with E-state index in [1.54, 1.807) is 54.6 Å². The summed E-state index contributed by atoms with van der Waals surface area (Å²) in [4.78, 5) is 25.9. The zero-order valence-electron chi connectivity index (χ0n) is 17.1. The standard InChI is InChI=1S/C20H26N4O4S/c1-13-18(20(26)24-11-5-6-12-24)19(14(2)23(13)4)29(27,28)22-17-9-7-16(8-10-17)21-15(3)25/h7-10,22H,5-6,11-12H2,1-4H3,(H,21,25). The molecule has 2 amide bonds. The summed E-state index contributed by atoms with van der Waals surface area (Å²) < 4.78 is 30.7. The van der Waals surface area contributed by atoms with Crippen molar-refractivity contribution >= 4 is 33.2 Å². The Kier molecular flexibility index (Phi) is 5.70. The molecule has 0 aliphatic carbocycles. The molecular formula is C20H26N4O4S. The second kappa shape index (κ2) is 7.90. The Morgan fingerprint density at radius 1 is 0.966 bits per heavy atom. The summed E-state index contributed by atoms with van der Waals surface area (Å²) in [6.07, 6.45) is 1.86. The summed E-state index contributed by atoms with van der Waals surface area (Å²) in [5, 5.41) is 2.63. The van der Waals surface area contributed by atoms with E-state index in [1.807, 2.05) is 0 Å². The number of rotatable bonds is 5. The molecule has 1 saturated heterocycles. The van der Waals surface area contributed by atoms with E-state index in [-0.39, 0.29) is 22.3 Å². The SMILES string of the molecule is CC(=O)Nc1ccc(NS(=O)(=O)c2c(C(=O)N3CCCC3)c(C)n(C)c2C)cc1. The first-order valence-corrected chi connectivity index (χ1v) is 11.0. The van der Waals surface area contributed by atoms with E-state index >= 15 is 0 Å². The molecule has 0 saturated carbocycles. The zero-order chi connectivity index (χ0) is 21.3. The third-order valence-electron chi connectivity index (χ3n) is 5.26. The van der Waals surface area contributed by atoms with Gasteiger partial charge in [0.1, 0.15) is 4.90 Å². The predicted molar refractivity (Wildman–Crippen MR) is 112 cm³/mol. The number of carbonyl (C=O) groups excluding carboxylic acids is 2. The highest BCUT2D eigenvalue weighted by Gasteiger charge is 2.33. The zero-order valence-corrected chi connectivity index (χ0v) is 17.9. The maximum atomic E-state index is 13.2. The molecule has 2 aromatic rings. The van der Waals surface area contributed by atoms with E-state index in [4.69, 9.17) is 0 Å². The topological polar surface area (TPSA) is 101 Å². The first kappa shape index (κ1) is 20.9. The van der Waals surface area contributed by atoms with Crippen molar-refractivity contribution in [1.29, 1.82) is 0 Å². The van der Waals surface area contributed by atoms with Gasteiger partial charge in [0.2, 0.25) is 5.91 Å². The number of hydrogen-bond acceptors (Lipinski definition) is 4. The van der Waals surface area contributed by atoms with Crippen LogP contribution in [0.15, 0.2) is 29.2 Å². The third-order valence-corrected chi connectivity index (χ3v) is 6.80. The van der Waals surface area contributed by atoms with Gasteiger partial charge in [-0.1, -0.05) is 0 Å². The van der Waals surface area contributed by atoms with E-state index in [0.717, 1.165) is 12.8 Å². The Morgan fingerprint density at radius 2 is 1.52 bits per heavy atom. The normalized spacial score (nSPS) is 14.1. The molecule has 2 heterocycles. The van der Waals surface area contributed by atoms with Gasteiger partial charge in [-0.3, -0.25) is 14.3 Å². The highest BCUT2D eigenvalue weighted by Crippen LogP contribution is 2.30. The van der Waals surface area contributed by atoms with Crippen LogP contribution in [-0.4, -0.2) is 42.8 Å². The van der Waals surface area contributed by atoms with E-state index in [1.165, 1.54) is 6.92 Å². The minimum Gasteiger partial charge on any atom is -0.350 e. The average Bonchev–Trinajstić information content (AvgIpc) is 3.26. The lowest BCUT2D eigenvalue weighted by molar-refractivity contribution is -0.114. The van der Waals surface area contributed by atoms with Crippen molar-refractivity contribution in [2.24, 2.45) is 7.05 Å². The van der Waals surface area contributed by atoms with E-state index in [2.05, 4.69) is 10.0 Å². The first-order chi connectivity index (χ1) is 13.6. The summed E-state index contributed by atoms with van der Waals surface area (Å²) in [7, 11) is -2.24. The van der Waals surface area contributed by atoms with Crippen molar-refractivity contribution in [3.63, 3.8) is 0 Å². The maximum absolute atomic E-state index is 13.2. The van der Waals surface area contributed by atoms with Crippen LogP contribution in [0.2, 0.25) is 0 Å². The van der Waals surface area contributed by atoms with Gasteiger partial charge in [0, 0.05) is 49.8 Å². The molecular weight excluding hydrogens is 392 g/mol. The number of sulfonamides is 1. The molecule has 1 aliphatic heterocycles. The minimum atomic E-state index is -3.99. The van der Waals surface area contributed by atoms with Crippen LogP contribution in [0.4, 0.5) is 11.4 Å². The molecule has 0 radical (unpaired) electrons. The van der Waals surface area contributed by atoms with Crippen molar-refractivity contribution in [3.05, 3.63) is 41.2 Å². The molecule has 156 valence electrons. The van der Waals surface area contributed by atoms with Gasteiger partial charge in [-0.25, -0.2) is 8.42 Å². The molecule has 0 atom stereocenters. The summed E-state index contributed by atoms with van der Waals surface area (Å²) in [6.45, 7) is 6.14. The summed E-state index contributed by atoms with van der Waals surface area (Å²) in [5.74, 6) is -0.455. The van der Waals surface area contributed by atoms with Gasteiger partial charge in [0.15, 0.2) is 0 Å². The van der Waals surface area contributed by atoms with Crippen LogP contribution >= 0.6 is 0 Å². The maximum Gasteiger partial charge on any atom is 0.264 e. The van der Waals surface area contributed by atoms with E-state index < -0.39 is 10.0 Å². The smallest absolute Gasteiger partial charge is 0.264 e. The van der Waals surface area contributed by atoms with Gasteiger partial charge in [0.25, 0.3) is 15.9 Å². The van der Waals surface area contributed by atoms with Gasteiger partial charge in [0.05, 0.1) is 5.56 Å². The Labute approximate surface area is 170 Å². The Hall–Kier alpha value is -2.81. The number of anilines is 2. The molecule has 1 aromatic heterocycles. The number of carbonyl (C=O) groups is 2. The number of likely N-dealkylation sites (tertiary alicyclic amines) is 1. The number of benzene rings is 1. The molecule has 9 heteroatoms. The molecule has 3 rings (SSSR count). The van der Waals surface area contributed by atoms with Crippen LogP contribution in [0.25, 0.3) is 0 Å². The Morgan fingerprint density at radius 3 is 2.07 bits per heavy atom. The molecule has 0 bridgehead atoms. The summed E-state index contributed by atoms with van der Waals surface area (Å²) >= 11 is 0. The fourth-order valence-corrected chi connectivity index (χ4v) is 5.18. The number of hydrogen-bond donors (Lipinski definition) is 2. The molecule has 0 unspecified atom stereocenters. The van der Waals surface area contributed by atoms with Crippen LogP contribution < -0.4 is 10.0 Å². The summed E-state index contributed by atoms with van der Waals surface area (Å²) in [5.41, 5.74) is 2.28. The number of amides is 2. The van der Waals surface area contributed by atoms with Crippen LogP contribution in [0.1, 0.15) is 41.5 Å². The molecule has 1 fully saturated rings. The highest BCUT2D eigenvalue weighted by atomic mass is 32.2. The van der Waals surface area contributed by atoms with Gasteiger partial charge in [-0.2, -0.15) is 0 Å². The molecule has 1 aliphatic rings. The van der Waals surface area contributed by atoms with Crippen LogP contribution in [-0.2, 0) is 21.9 Å². The third kappa shape index (κ3) is 4.14. The predicted octanol–water partition coefficient (Wildman–Crippen LogP) is 2.64. The lowest BCUT2D eigenvalue weighted by Gasteiger charge is -2.17. The molecule has 8 nitrogen and oxygen atoms in total. The van der Waals surface area contributed by atoms with Crippen molar-refractivity contribution in [3.8, 4) is 0 Å². The second-order valence-corrected chi connectivity index (χ2v) is 8.92. The fraction of sp³-hybridized carbons (Fsp3) is 0.400. The fourth-order valence-electron chi connectivity index (χ4n) is 3.61. The van der Waals surface area contributed by atoms with E-state index in [0.29, 0.717) is 35.9 Å². The Balaban J connectivity index is 1.97. The van der Waals surface area contributed by atoms with Crippen molar-refractivity contribution < 1.29 is 18.0 Å². The van der Waals surface area contributed by atoms with Crippen molar-refractivity contribution in [2.75, 3.05) is 23.1 Å². The summed E-state index contributed by atoms with van der Waals surface area (Å²) in [6, 6.07) is 6.35. The lowest BCUT2D eigenvalue weighted by atomic mass is 10.2. The number of aromatic nitrogens is 1. The van der Waals surface area contributed by atoms with Gasteiger partial charge in [-0.05, 0) is 51.0 Å². The van der Waals surface area contributed by atoms with Gasteiger partial charge in [-0.15, -0.1) is 0 Å². The van der Waals surface area contributed by atoms with Gasteiger partial charge < -0.3 is 14.8 Å². The minimum absolute atomic E-state index is 0.0142. The van der Waals surface area contributed by atoms with Crippen LogP contribution in [0, 0.1) is 13.8 Å². The van der Waals surface area contributed by atoms with Crippen molar-refractivity contribution in [1.82, 2.24) is 9.47 Å². The molecule has 2 N–H and O–H groups in total.